The number of aromatic nitrogens is 2. The van der Waals surface area contributed by atoms with Gasteiger partial charge in [0.25, 0.3) is 0 Å². The minimum atomic E-state index is -5.08. The maximum atomic E-state index is 10.6. The quantitative estimate of drug-likeness (QED) is 0.804. The fourth-order valence-electron chi connectivity index (χ4n) is 2.30. The fraction of sp³-hybridized carbons (Fsp3) is 0.400. The number of nitrogens with zero attached hydrogens (tertiary/aromatic N) is 3. The number of halogens is 3. The molecule has 0 unspecified atom stereocenters. The van der Waals surface area contributed by atoms with Gasteiger partial charge in [-0.3, -0.25) is 9.97 Å². The van der Waals surface area contributed by atoms with Crippen LogP contribution in [0.5, 0.6) is 0 Å². The number of carboxylic acid groups (broad SMARTS) is 1. The number of carboxylic acids is 1. The number of alkyl halides is 3. The summed E-state index contributed by atoms with van der Waals surface area (Å²) in [5.74, 6) is -2.76. The zero-order valence-electron chi connectivity index (χ0n) is 12.5. The third kappa shape index (κ3) is 4.62. The van der Waals surface area contributed by atoms with Crippen molar-refractivity contribution in [1.82, 2.24) is 14.9 Å². The Bertz CT molecular complexity index is 657. The molecule has 1 aromatic carbocycles. The third-order valence-corrected chi connectivity index (χ3v) is 3.56. The van der Waals surface area contributed by atoms with Crippen molar-refractivity contribution in [3.63, 3.8) is 0 Å². The number of likely N-dealkylation sites (N-methyl/N-ethyl adjacent to an activating group) is 1. The molecule has 0 fully saturated rings. The van der Waals surface area contributed by atoms with E-state index in [9.17, 15) is 13.2 Å². The molecule has 1 N–H and O–H groups in total. The maximum Gasteiger partial charge on any atom is 0.490 e. The second kappa shape index (κ2) is 6.91. The van der Waals surface area contributed by atoms with Crippen molar-refractivity contribution in [2.75, 3.05) is 20.1 Å². The second-order valence-electron chi connectivity index (χ2n) is 5.27. The maximum absolute atomic E-state index is 10.6. The van der Waals surface area contributed by atoms with Gasteiger partial charge in [0.15, 0.2) is 0 Å². The molecule has 124 valence electrons. The van der Waals surface area contributed by atoms with Gasteiger partial charge in [-0.2, -0.15) is 13.2 Å². The van der Waals surface area contributed by atoms with Gasteiger partial charge in [0.05, 0.1) is 11.0 Å². The largest absolute Gasteiger partial charge is 0.490 e. The van der Waals surface area contributed by atoms with Gasteiger partial charge in [-0.05, 0) is 43.1 Å². The summed E-state index contributed by atoms with van der Waals surface area (Å²) >= 11 is 0. The van der Waals surface area contributed by atoms with Crippen LogP contribution in [0.2, 0.25) is 0 Å². The summed E-state index contributed by atoms with van der Waals surface area (Å²) < 4.78 is 31.7. The molecule has 3 rings (SSSR count). The Morgan fingerprint density at radius 2 is 1.48 bits per heavy atom. The number of carbonyl (C=O) groups is 1. The summed E-state index contributed by atoms with van der Waals surface area (Å²) in [6, 6.07) is 4.41. The van der Waals surface area contributed by atoms with Gasteiger partial charge in [0, 0.05) is 25.5 Å². The van der Waals surface area contributed by atoms with E-state index in [2.05, 4.69) is 34.0 Å². The molecule has 8 heteroatoms. The van der Waals surface area contributed by atoms with Gasteiger partial charge in [0.1, 0.15) is 0 Å². The Hall–Kier alpha value is -2.22. The first-order chi connectivity index (χ1) is 10.8. The molecular formula is C15H16F3N3O2. The molecule has 0 saturated heterocycles. The van der Waals surface area contributed by atoms with Crippen LogP contribution in [0.4, 0.5) is 13.2 Å². The van der Waals surface area contributed by atoms with Gasteiger partial charge < -0.3 is 10.0 Å². The van der Waals surface area contributed by atoms with E-state index in [0.717, 1.165) is 37.0 Å². The molecule has 2 aromatic rings. The van der Waals surface area contributed by atoms with Crippen molar-refractivity contribution < 1.29 is 23.1 Å². The van der Waals surface area contributed by atoms with Crippen molar-refractivity contribution >= 4 is 17.0 Å². The van der Waals surface area contributed by atoms with E-state index in [1.54, 1.807) is 12.4 Å². The average Bonchev–Trinajstić information content (AvgIpc) is 2.67. The fourth-order valence-corrected chi connectivity index (χ4v) is 2.30. The summed E-state index contributed by atoms with van der Waals surface area (Å²) in [6.45, 7) is 2.28. The SMILES string of the molecule is CN1CCc2cc3nccnc3cc2CC1.O=C(O)C(F)(F)F. The molecule has 1 aliphatic heterocycles. The highest BCUT2D eigenvalue weighted by Crippen LogP contribution is 2.20. The smallest absolute Gasteiger partial charge is 0.475 e. The highest BCUT2D eigenvalue weighted by atomic mass is 19.4. The molecule has 5 nitrogen and oxygen atoms in total. The van der Waals surface area contributed by atoms with Crippen molar-refractivity contribution in [2.45, 2.75) is 19.0 Å². The molecule has 0 spiro atoms. The lowest BCUT2D eigenvalue weighted by atomic mass is 10.0. The predicted octanol–water partition coefficient (Wildman–Crippen LogP) is 2.29. The Kier molecular flexibility index (Phi) is 5.15. The van der Waals surface area contributed by atoms with E-state index < -0.39 is 12.1 Å². The van der Waals surface area contributed by atoms with E-state index in [0.29, 0.717) is 0 Å². The summed E-state index contributed by atoms with van der Waals surface area (Å²) in [5.41, 5.74) is 4.92. The highest BCUT2D eigenvalue weighted by Gasteiger charge is 2.38. The number of aliphatic carboxylic acids is 1. The number of benzene rings is 1. The van der Waals surface area contributed by atoms with Crippen LogP contribution in [0.15, 0.2) is 24.5 Å². The lowest BCUT2D eigenvalue weighted by Crippen LogP contribution is -2.21. The monoisotopic (exact) mass is 327 g/mol. The van der Waals surface area contributed by atoms with E-state index in [1.807, 2.05) is 0 Å². The minimum Gasteiger partial charge on any atom is -0.475 e. The van der Waals surface area contributed by atoms with Crippen LogP contribution in [0.3, 0.4) is 0 Å². The van der Waals surface area contributed by atoms with Gasteiger partial charge in [0.2, 0.25) is 0 Å². The number of rotatable bonds is 0. The van der Waals surface area contributed by atoms with Gasteiger partial charge in [-0.15, -0.1) is 0 Å². The van der Waals surface area contributed by atoms with Crippen LogP contribution in [0.25, 0.3) is 11.0 Å². The lowest BCUT2D eigenvalue weighted by Gasteiger charge is -2.10. The van der Waals surface area contributed by atoms with E-state index in [-0.39, 0.29) is 0 Å². The average molecular weight is 327 g/mol. The van der Waals surface area contributed by atoms with Crippen LogP contribution >= 0.6 is 0 Å². The molecule has 0 amide bonds. The Labute approximate surface area is 130 Å². The number of fused-ring (bicyclic) bond motifs is 2. The van der Waals surface area contributed by atoms with Crippen molar-refractivity contribution in [3.8, 4) is 0 Å². The van der Waals surface area contributed by atoms with Crippen LogP contribution in [-0.4, -0.2) is 52.3 Å². The van der Waals surface area contributed by atoms with Crippen LogP contribution in [-0.2, 0) is 17.6 Å². The molecule has 23 heavy (non-hydrogen) atoms. The van der Waals surface area contributed by atoms with E-state index >= 15 is 0 Å². The molecule has 0 bridgehead atoms. The third-order valence-electron chi connectivity index (χ3n) is 3.56. The summed E-state index contributed by atoms with van der Waals surface area (Å²) in [4.78, 5) is 20.0. The number of hydrogen-bond acceptors (Lipinski definition) is 4. The lowest BCUT2D eigenvalue weighted by molar-refractivity contribution is -0.192. The molecule has 0 aliphatic carbocycles. The summed E-state index contributed by atoms with van der Waals surface area (Å²) in [5, 5.41) is 7.12. The Morgan fingerprint density at radius 1 is 1.09 bits per heavy atom. The molecular weight excluding hydrogens is 311 g/mol. The first-order valence-electron chi connectivity index (χ1n) is 6.98. The van der Waals surface area contributed by atoms with Crippen molar-refractivity contribution in [1.29, 1.82) is 0 Å². The van der Waals surface area contributed by atoms with Gasteiger partial charge in [-0.25, -0.2) is 4.79 Å². The highest BCUT2D eigenvalue weighted by molar-refractivity contribution is 5.76. The minimum absolute atomic E-state index is 1.02. The molecule has 0 atom stereocenters. The first-order valence-corrected chi connectivity index (χ1v) is 6.98. The normalized spacial score (nSPS) is 15.3. The molecule has 2 heterocycles. The molecule has 1 aliphatic rings. The molecule has 0 saturated carbocycles. The van der Waals surface area contributed by atoms with E-state index in [4.69, 9.17) is 9.90 Å². The predicted molar refractivity (Wildman–Crippen MR) is 78.1 cm³/mol. The van der Waals surface area contributed by atoms with Crippen LogP contribution in [0.1, 0.15) is 11.1 Å². The summed E-state index contributed by atoms with van der Waals surface area (Å²) in [6.07, 6.45) is 0.686. The van der Waals surface area contributed by atoms with Gasteiger partial charge >= 0.3 is 12.1 Å². The zero-order chi connectivity index (χ0) is 17.0. The first kappa shape index (κ1) is 17.1. The standard InChI is InChI=1S/C13H15N3.C2HF3O2/c1-16-6-2-10-8-12-13(15-5-4-14-12)9-11(10)3-7-16;3-2(4,5)1(6)7/h4-5,8-9H,2-3,6-7H2,1H3;(H,6,7). The summed E-state index contributed by atoms with van der Waals surface area (Å²) in [7, 11) is 2.18. The molecule has 1 aromatic heterocycles. The zero-order valence-corrected chi connectivity index (χ0v) is 12.5. The Balaban J connectivity index is 0.000000236. The topological polar surface area (TPSA) is 66.3 Å². The van der Waals surface area contributed by atoms with E-state index in [1.165, 1.54) is 11.1 Å². The van der Waals surface area contributed by atoms with Crippen LogP contribution in [0, 0.1) is 0 Å². The van der Waals surface area contributed by atoms with Crippen LogP contribution < -0.4 is 0 Å². The second-order valence-corrected chi connectivity index (χ2v) is 5.27. The van der Waals surface area contributed by atoms with Crippen molar-refractivity contribution in [2.24, 2.45) is 0 Å². The molecule has 0 radical (unpaired) electrons. The Morgan fingerprint density at radius 3 is 1.83 bits per heavy atom. The number of hydrogen-bond donors (Lipinski definition) is 1. The van der Waals surface area contributed by atoms with Gasteiger partial charge in [-0.1, -0.05) is 0 Å². The van der Waals surface area contributed by atoms with Crippen molar-refractivity contribution in [3.05, 3.63) is 35.7 Å².